The molecule has 0 aromatic heterocycles. The van der Waals surface area contributed by atoms with Crippen molar-refractivity contribution < 1.29 is 4.74 Å². The molecular formula is C18H31NO. The second-order valence-electron chi connectivity index (χ2n) is 6.57. The van der Waals surface area contributed by atoms with Crippen molar-refractivity contribution in [2.24, 2.45) is 11.3 Å². The Bertz CT molecular complexity index is 389. The molecule has 2 heteroatoms. The van der Waals surface area contributed by atoms with Gasteiger partial charge in [-0.1, -0.05) is 52.3 Å². The molecular weight excluding hydrogens is 246 g/mol. The molecule has 0 aliphatic heterocycles. The fourth-order valence-electron chi connectivity index (χ4n) is 2.81. The average Bonchev–Trinajstić information content (AvgIpc) is 2.39. The SMILES string of the molecule is CCCC(C)(CNCC(C)C)Cc1ccccc1OC. The van der Waals surface area contributed by atoms with Crippen LogP contribution in [0.4, 0.5) is 0 Å². The summed E-state index contributed by atoms with van der Waals surface area (Å²) in [6.07, 6.45) is 3.51. The van der Waals surface area contributed by atoms with Gasteiger partial charge in [0.25, 0.3) is 0 Å². The summed E-state index contributed by atoms with van der Waals surface area (Å²) in [7, 11) is 1.76. The smallest absolute Gasteiger partial charge is 0.122 e. The standard InChI is InChI=1S/C18H31NO/c1-6-11-18(4,14-19-13-15(2)3)12-16-9-7-8-10-17(16)20-5/h7-10,15,19H,6,11-14H2,1-5H3. The van der Waals surface area contributed by atoms with Gasteiger partial charge in [-0.15, -0.1) is 0 Å². The molecule has 0 amide bonds. The van der Waals surface area contributed by atoms with E-state index >= 15 is 0 Å². The van der Waals surface area contributed by atoms with Crippen LogP contribution in [0, 0.1) is 11.3 Å². The summed E-state index contributed by atoms with van der Waals surface area (Å²) in [5, 5.41) is 3.63. The lowest BCUT2D eigenvalue weighted by Gasteiger charge is -2.31. The van der Waals surface area contributed by atoms with Crippen LogP contribution < -0.4 is 10.1 Å². The van der Waals surface area contributed by atoms with Gasteiger partial charge in [0.15, 0.2) is 0 Å². The highest BCUT2D eigenvalue weighted by atomic mass is 16.5. The zero-order valence-electron chi connectivity index (χ0n) is 13.8. The normalized spacial score (nSPS) is 14.3. The van der Waals surface area contributed by atoms with Gasteiger partial charge in [-0.05, 0) is 42.3 Å². The fourth-order valence-corrected chi connectivity index (χ4v) is 2.81. The predicted molar refractivity (Wildman–Crippen MR) is 87.4 cm³/mol. The van der Waals surface area contributed by atoms with E-state index in [9.17, 15) is 0 Å². The molecule has 2 nitrogen and oxygen atoms in total. The van der Waals surface area contributed by atoms with Crippen molar-refractivity contribution in [3.8, 4) is 5.75 Å². The Balaban J connectivity index is 2.74. The first-order chi connectivity index (χ1) is 9.50. The fraction of sp³-hybridized carbons (Fsp3) is 0.667. The van der Waals surface area contributed by atoms with Gasteiger partial charge in [0.05, 0.1) is 7.11 Å². The molecule has 0 fully saturated rings. The summed E-state index contributed by atoms with van der Waals surface area (Å²) in [5.74, 6) is 1.71. The molecule has 1 unspecified atom stereocenters. The molecule has 1 rings (SSSR count). The molecule has 20 heavy (non-hydrogen) atoms. The summed E-state index contributed by atoms with van der Waals surface area (Å²) in [6, 6.07) is 8.39. The molecule has 0 saturated carbocycles. The van der Waals surface area contributed by atoms with Crippen LogP contribution in [0.15, 0.2) is 24.3 Å². The zero-order chi connectivity index (χ0) is 15.0. The second kappa shape index (κ2) is 8.31. The number of rotatable bonds is 9. The van der Waals surface area contributed by atoms with E-state index in [-0.39, 0.29) is 5.41 Å². The summed E-state index contributed by atoms with van der Waals surface area (Å²) < 4.78 is 5.49. The lowest BCUT2D eigenvalue weighted by Crippen LogP contribution is -2.35. The Morgan fingerprint density at radius 2 is 1.95 bits per heavy atom. The third-order valence-corrected chi connectivity index (χ3v) is 3.77. The van der Waals surface area contributed by atoms with Gasteiger partial charge < -0.3 is 10.1 Å². The summed E-state index contributed by atoms with van der Waals surface area (Å²) in [4.78, 5) is 0. The van der Waals surface area contributed by atoms with E-state index in [1.807, 2.05) is 6.07 Å². The minimum absolute atomic E-state index is 0.290. The highest BCUT2D eigenvalue weighted by Crippen LogP contribution is 2.31. The van der Waals surface area contributed by atoms with Crippen molar-refractivity contribution in [3.63, 3.8) is 0 Å². The molecule has 0 bridgehead atoms. The maximum atomic E-state index is 5.49. The van der Waals surface area contributed by atoms with E-state index < -0.39 is 0 Å². The Morgan fingerprint density at radius 1 is 1.25 bits per heavy atom. The average molecular weight is 277 g/mol. The van der Waals surface area contributed by atoms with Gasteiger partial charge in [0.2, 0.25) is 0 Å². The van der Waals surface area contributed by atoms with E-state index in [1.165, 1.54) is 18.4 Å². The van der Waals surface area contributed by atoms with Crippen molar-refractivity contribution in [1.29, 1.82) is 0 Å². The highest BCUT2D eigenvalue weighted by Gasteiger charge is 2.24. The van der Waals surface area contributed by atoms with Gasteiger partial charge in [0.1, 0.15) is 5.75 Å². The lowest BCUT2D eigenvalue weighted by atomic mass is 9.79. The van der Waals surface area contributed by atoms with E-state index in [0.29, 0.717) is 5.92 Å². The van der Waals surface area contributed by atoms with E-state index in [2.05, 4.69) is 51.2 Å². The Hall–Kier alpha value is -1.02. The first-order valence-electron chi connectivity index (χ1n) is 7.83. The van der Waals surface area contributed by atoms with Crippen LogP contribution in [-0.2, 0) is 6.42 Å². The van der Waals surface area contributed by atoms with Crippen molar-refractivity contribution in [2.45, 2.75) is 47.0 Å². The summed E-state index contributed by atoms with van der Waals surface area (Å²) in [5.41, 5.74) is 1.61. The number of hydrogen-bond acceptors (Lipinski definition) is 2. The third kappa shape index (κ3) is 5.54. The monoisotopic (exact) mass is 277 g/mol. The third-order valence-electron chi connectivity index (χ3n) is 3.77. The Morgan fingerprint density at radius 3 is 2.55 bits per heavy atom. The second-order valence-corrected chi connectivity index (χ2v) is 6.57. The molecule has 114 valence electrons. The number of ether oxygens (including phenoxy) is 1. The van der Waals surface area contributed by atoms with Crippen LogP contribution >= 0.6 is 0 Å². The molecule has 1 atom stereocenters. The van der Waals surface area contributed by atoms with Gasteiger partial charge in [-0.3, -0.25) is 0 Å². The van der Waals surface area contributed by atoms with Gasteiger partial charge >= 0.3 is 0 Å². The highest BCUT2D eigenvalue weighted by molar-refractivity contribution is 5.34. The molecule has 0 aliphatic carbocycles. The van der Waals surface area contributed by atoms with E-state index in [4.69, 9.17) is 4.74 Å². The van der Waals surface area contributed by atoms with Crippen LogP contribution in [0.1, 0.15) is 46.1 Å². The Kier molecular flexibility index (Phi) is 7.08. The summed E-state index contributed by atoms with van der Waals surface area (Å²) in [6.45, 7) is 11.3. The number of hydrogen-bond donors (Lipinski definition) is 1. The Labute approximate surface area is 124 Å². The van der Waals surface area contributed by atoms with Crippen LogP contribution in [0.2, 0.25) is 0 Å². The number of methoxy groups -OCH3 is 1. The first kappa shape index (κ1) is 17.0. The molecule has 0 heterocycles. The molecule has 0 spiro atoms. The topological polar surface area (TPSA) is 21.3 Å². The van der Waals surface area contributed by atoms with Gasteiger partial charge in [0, 0.05) is 6.54 Å². The van der Waals surface area contributed by atoms with Crippen molar-refractivity contribution in [1.82, 2.24) is 5.32 Å². The van der Waals surface area contributed by atoms with Gasteiger partial charge in [-0.2, -0.15) is 0 Å². The van der Waals surface area contributed by atoms with Crippen molar-refractivity contribution in [3.05, 3.63) is 29.8 Å². The lowest BCUT2D eigenvalue weighted by molar-refractivity contribution is 0.267. The van der Waals surface area contributed by atoms with E-state index in [1.54, 1.807) is 7.11 Å². The van der Waals surface area contributed by atoms with Crippen LogP contribution in [-0.4, -0.2) is 20.2 Å². The van der Waals surface area contributed by atoms with Gasteiger partial charge in [-0.25, -0.2) is 0 Å². The zero-order valence-corrected chi connectivity index (χ0v) is 13.8. The minimum atomic E-state index is 0.290. The molecule has 0 radical (unpaired) electrons. The maximum Gasteiger partial charge on any atom is 0.122 e. The number of nitrogens with one attached hydrogen (secondary N) is 1. The molecule has 1 N–H and O–H groups in total. The quantitative estimate of drug-likeness (QED) is 0.727. The first-order valence-corrected chi connectivity index (χ1v) is 7.83. The predicted octanol–water partition coefficient (Wildman–Crippen LogP) is 4.29. The van der Waals surface area contributed by atoms with Crippen LogP contribution in [0.3, 0.4) is 0 Å². The maximum absolute atomic E-state index is 5.49. The van der Waals surface area contributed by atoms with Crippen molar-refractivity contribution in [2.75, 3.05) is 20.2 Å². The number of para-hydroxylation sites is 1. The summed E-state index contributed by atoms with van der Waals surface area (Å²) >= 11 is 0. The molecule has 1 aromatic rings. The molecule has 0 saturated heterocycles. The minimum Gasteiger partial charge on any atom is -0.496 e. The molecule has 0 aliphatic rings. The van der Waals surface area contributed by atoms with Crippen LogP contribution in [0.25, 0.3) is 0 Å². The molecule has 1 aromatic carbocycles. The van der Waals surface area contributed by atoms with E-state index in [0.717, 1.165) is 25.3 Å². The van der Waals surface area contributed by atoms with Crippen molar-refractivity contribution >= 4 is 0 Å². The van der Waals surface area contributed by atoms with Crippen LogP contribution in [0.5, 0.6) is 5.75 Å². The largest absolute Gasteiger partial charge is 0.496 e. The number of benzene rings is 1.